The molecule has 3 N–H and O–H groups in total. The van der Waals surface area contributed by atoms with Gasteiger partial charge >= 0.3 is 0 Å². The summed E-state index contributed by atoms with van der Waals surface area (Å²) in [5, 5.41) is 2.70. The third-order valence-corrected chi connectivity index (χ3v) is 2.46. The van der Waals surface area contributed by atoms with Crippen LogP contribution >= 0.6 is 0 Å². The van der Waals surface area contributed by atoms with Gasteiger partial charge in [-0.25, -0.2) is 4.39 Å². The number of hydrogen-bond acceptors (Lipinski definition) is 3. The van der Waals surface area contributed by atoms with Crippen molar-refractivity contribution in [1.82, 2.24) is 5.32 Å². The highest BCUT2D eigenvalue weighted by Gasteiger charge is 2.13. The maximum Gasteiger partial charge on any atom is 0.239 e. The molecule has 0 spiro atoms. The zero-order chi connectivity index (χ0) is 12.8. The zero-order valence-electron chi connectivity index (χ0n) is 10.2. The van der Waals surface area contributed by atoms with Crippen LogP contribution in [0.15, 0.2) is 18.2 Å². The molecule has 1 rings (SSSR count). The number of hydrogen-bond donors (Lipinski definition) is 2. The first-order valence-corrected chi connectivity index (χ1v) is 5.65. The van der Waals surface area contributed by atoms with Crippen molar-refractivity contribution in [3.05, 3.63) is 24.0 Å². The molecule has 4 nitrogen and oxygen atoms in total. The van der Waals surface area contributed by atoms with E-state index in [0.717, 1.165) is 0 Å². The average molecular weight is 239 g/mol. The van der Waals surface area contributed by atoms with Gasteiger partial charge in [-0.1, -0.05) is 6.07 Å². The number of nitrogens with two attached hydrogens (primary N) is 1. The van der Waals surface area contributed by atoms with E-state index in [1.165, 1.54) is 6.07 Å². The number of rotatable bonds is 5. The van der Waals surface area contributed by atoms with E-state index in [-0.39, 0.29) is 18.1 Å². The van der Waals surface area contributed by atoms with Crippen LogP contribution in [0.5, 0.6) is 0 Å². The third kappa shape index (κ3) is 3.34. The van der Waals surface area contributed by atoms with E-state index < -0.39 is 5.82 Å². The Morgan fingerprint density at radius 1 is 1.47 bits per heavy atom. The van der Waals surface area contributed by atoms with Crippen LogP contribution in [-0.4, -0.2) is 25.5 Å². The van der Waals surface area contributed by atoms with Crippen LogP contribution in [0.1, 0.15) is 13.8 Å². The molecule has 0 atom stereocenters. The molecule has 0 saturated heterocycles. The summed E-state index contributed by atoms with van der Waals surface area (Å²) in [6.45, 7) is 5.09. The van der Waals surface area contributed by atoms with Gasteiger partial charge in [0.1, 0.15) is 5.82 Å². The molecule has 0 saturated carbocycles. The van der Waals surface area contributed by atoms with Gasteiger partial charge in [0.05, 0.1) is 17.9 Å². The molecular formula is C12H18FN3O. The highest BCUT2D eigenvalue weighted by Crippen LogP contribution is 2.25. The molecule has 17 heavy (non-hydrogen) atoms. The smallest absolute Gasteiger partial charge is 0.239 e. The molecule has 94 valence electrons. The Balaban J connectivity index is 2.86. The van der Waals surface area contributed by atoms with Gasteiger partial charge in [-0.05, 0) is 26.0 Å². The Kier molecular flexibility index (Phi) is 4.75. The Hall–Kier alpha value is -1.78. The summed E-state index contributed by atoms with van der Waals surface area (Å²) < 4.78 is 13.3. The fourth-order valence-corrected chi connectivity index (χ4v) is 1.60. The SMILES string of the molecule is CCNC(=O)CN(CC)c1cccc(F)c1N. The van der Waals surface area contributed by atoms with E-state index in [1.807, 2.05) is 13.8 Å². The maximum atomic E-state index is 13.3. The number of halogens is 1. The molecule has 0 aliphatic heterocycles. The molecular weight excluding hydrogens is 221 g/mol. The van der Waals surface area contributed by atoms with Crippen molar-refractivity contribution >= 4 is 17.3 Å². The van der Waals surface area contributed by atoms with E-state index in [1.54, 1.807) is 17.0 Å². The van der Waals surface area contributed by atoms with Crippen LogP contribution in [0.3, 0.4) is 0 Å². The Morgan fingerprint density at radius 2 is 2.18 bits per heavy atom. The highest BCUT2D eigenvalue weighted by molar-refractivity contribution is 5.83. The summed E-state index contributed by atoms with van der Waals surface area (Å²) in [5.41, 5.74) is 6.30. The number of nitrogens with zero attached hydrogens (tertiary/aromatic N) is 1. The number of likely N-dealkylation sites (N-methyl/N-ethyl adjacent to an activating group) is 2. The van der Waals surface area contributed by atoms with Gasteiger partial charge in [0.15, 0.2) is 0 Å². The fourth-order valence-electron chi connectivity index (χ4n) is 1.60. The van der Waals surface area contributed by atoms with Gasteiger partial charge in [0, 0.05) is 13.1 Å². The molecule has 1 aromatic rings. The van der Waals surface area contributed by atoms with E-state index >= 15 is 0 Å². The second kappa shape index (κ2) is 6.08. The molecule has 0 heterocycles. The second-order valence-corrected chi connectivity index (χ2v) is 3.64. The minimum atomic E-state index is -0.461. The van der Waals surface area contributed by atoms with Crippen molar-refractivity contribution in [2.45, 2.75) is 13.8 Å². The largest absolute Gasteiger partial charge is 0.395 e. The molecule has 0 fully saturated rings. The van der Waals surface area contributed by atoms with Crippen LogP contribution in [0.2, 0.25) is 0 Å². The zero-order valence-corrected chi connectivity index (χ0v) is 10.2. The number of para-hydroxylation sites is 1. The first-order chi connectivity index (χ1) is 8.10. The number of nitrogens with one attached hydrogen (secondary N) is 1. The van der Waals surface area contributed by atoms with Gasteiger partial charge in [-0.2, -0.15) is 0 Å². The van der Waals surface area contributed by atoms with Crippen molar-refractivity contribution in [2.24, 2.45) is 0 Å². The van der Waals surface area contributed by atoms with Gasteiger partial charge < -0.3 is 16.0 Å². The first-order valence-electron chi connectivity index (χ1n) is 5.65. The predicted molar refractivity (Wildman–Crippen MR) is 67.4 cm³/mol. The average Bonchev–Trinajstić information content (AvgIpc) is 2.30. The van der Waals surface area contributed by atoms with Crippen LogP contribution in [0.4, 0.5) is 15.8 Å². The summed E-state index contributed by atoms with van der Waals surface area (Å²) in [6.07, 6.45) is 0. The first kappa shape index (κ1) is 13.3. The number of amides is 1. The molecule has 1 amide bonds. The summed E-state index contributed by atoms with van der Waals surface area (Å²) >= 11 is 0. The van der Waals surface area contributed by atoms with E-state index in [4.69, 9.17) is 5.73 Å². The summed E-state index contributed by atoms with van der Waals surface area (Å²) in [5.74, 6) is -0.560. The molecule has 5 heteroatoms. The number of benzene rings is 1. The monoisotopic (exact) mass is 239 g/mol. The lowest BCUT2D eigenvalue weighted by atomic mass is 10.2. The molecule has 0 aliphatic rings. The maximum absolute atomic E-state index is 13.3. The minimum absolute atomic E-state index is 0.0821. The van der Waals surface area contributed by atoms with Crippen LogP contribution in [0, 0.1) is 5.82 Å². The molecule has 0 radical (unpaired) electrons. The number of carbonyl (C=O) groups excluding carboxylic acids is 1. The van der Waals surface area contributed by atoms with Crippen molar-refractivity contribution in [1.29, 1.82) is 0 Å². The number of carbonyl (C=O) groups is 1. The standard InChI is InChI=1S/C12H18FN3O/c1-3-15-11(17)8-16(4-2)10-7-5-6-9(13)12(10)14/h5-7H,3-4,8,14H2,1-2H3,(H,15,17). The van der Waals surface area contributed by atoms with Crippen molar-refractivity contribution in [3.63, 3.8) is 0 Å². The second-order valence-electron chi connectivity index (χ2n) is 3.64. The van der Waals surface area contributed by atoms with E-state index in [9.17, 15) is 9.18 Å². The predicted octanol–water partition coefficient (Wildman–Crippen LogP) is 1.37. The topological polar surface area (TPSA) is 58.4 Å². The molecule has 1 aromatic carbocycles. The minimum Gasteiger partial charge on any atom is -0.395 e. The lowest BCUT2D eigenvalue weighted by molar-refractivity contribution is -0.119. The van der Waals surface area contributed by atoms with Crippen molar-refractivity contribution < 1.29 is 9.18 Å². The molecule has 0 bridgehead atoms. The molecule has 0 aliphatic carbocycles. The highest BCUT2D eigenvalue weighted by atomic mass is 19.1. The fraction of sp³-hybridized carbons (Fsp3) is 0.417. The molecule has 0 aromatic heterocycles. The number of anilines is 2. The van der Waals surface area contributed by atoms with Crippen molar-refractivity contribution in [2.75, 3.05) is 30.3 Å². The van der Waals surface area contributed by atoms with Crippen molar-refractivity contribution in [3.8, 4) is 0 Å². The van der Waals surface area contributed by atoms with E-state index in [2.05, 4.69) is 5.32 Å². The van der Waals surface area contributed by atoms with Gasteiger partial charge in [0.25, 0.3) is 0 Å². The lowest BCUT2D eigenvalue weighted by Gasteiger charge is -2.23. The van der Waals surface area contributed by atoms with E-state index in [0.29, 0.717) is 18.8 Å². The Morgan fingerprint density at radius 3 is 2.76 bits per heavy atom. The Labute approximate surface area is 101 Å². The lowest BCUT2D eigenvalue weighted by Crippen LogP contribution is -2.37. The quantitative estimate of drug-likeness (QED) is 0.763. The third-order valence-electron chi connectivity index (χ3n) is 2.46. The van der Waals surface area contributed by atoms with Crippen LogP contribution in [-0.2, 0) is 4.79 Å². The number of nitrogen functional groups attached to an aromatic ring is 1. The van der Waals surface area contributed by atoms with Gasteiger partial charge in [-0.3, -0.25) is 4.79 Å². The summed E-state index contributed by atoms with van der Waals surface area (Å²) in [7, 11) is 0. The van der Waals surface area contributed by atoms with Gasteiger partial charge in [-0.15, -0.1) is 0 Å². The van der Waals surface area contributed by atoms with Crippen LogP contribution in [0.25, 0.3) is 0 Å². The summed E-state index contributed by atoms with van der Waals surface area (Å²) in [6, 6.07) is 4.60. The van der Waals surface area contributed by atoms with Crippen LogP contribution < -0.4 is 16.0 Å². The molecule has 0 unspecified atom stereocenters. The Bertz CT molecular complexity index is 395. The van der Waals surface area contributed by atoms with Gasteiger partial charge in [0.2, 0.25) is 5.91 Å². The summed E-state index contributed by atoms with van der Waals surface area (Å²) in [4.78, 5) is 13.2. The normalized spacial score (nSPS) is 10.1.